The molecule has 1 heterocycles. The lowest BCUT2D eigenvalue weighted by Gasteiger charge is -2.23. The fourth-order valence-corrected chi connectivity index (χ4v) is 5.29. The minimum atomic E-state index is -0.832. The van der Waals surface area contributed by atoms with E-state index in [-0.39, 0.29) is 18.2 Å². The van der Waals surface area contributed by atoms with Crippen molar-refractivity contribution in [3.05, 3.63) is 95.3 Å². The van der Waals surface area contributed by atoms with Crippen molar-refractivity contribution >= 4 is 5.97 Å². The van der Waals surface area contributed by atoms with Crippen molar-refractivity contribution in [2.24, 2.45) is 0 Å². The van der Waals surface area contributed by atoms with E-state index in [1.54, 1.807) is 19.2 Å². The van der Waals surface area contributed by atoms with E-state index in [0.717, 1.165) is 48.3 Å². The molecule has 6 heteroatoms. The summed E-state index contributed by atoms with van der Waals surface area (Å²) in [5, 5.41) is 9.38. The van der Waals surface area contributed by atoms with Gasteiger partial charge in [0, 0.05) is 18.0 Å². The molecule has 3 aromatic carbocycles. The maximum absolute atomic E-state index is 15.0. The van der Waals surface area contributed by atoms with Gasteiger partial charge in [-0.3, -0.25) is 9.69 Å². The minimum absolute atomic E-state index is 0.0299. The van der Waals surface area contributed by atoms with Crippen LogP contribution in [0.2, 0.25) is 0 Å². The molecule has 0 bridgehead atoms. The maximum atomic E-state index is 15.0. The Hall–Kier alpha value is -3.64. The largest absolute Gasteiger partial charge is 0.497 e. The van der Waals surface area contributed by atoms with Gasteiger partial charge in [-0.15, -0.1) is 0 Å². The Morgan fingerprint density at radius 3 is 2.52 bits per heavy atom. The van der Waals surface area contributed by atoms with Crippen LogP contribution in [0.3, 0.4) is 0 Å². The number of benzene rings is 3. The lowest BCUT2D eigenvalue weighted by atomic mass is 9.95. The predicted molar refractivity (Wildman–Crippen MR) is 157 cm³/mol. The predicted octanol–water partition coefficient (Wildman–Crippen LogP) is 7.98. The second-order valence-corrected chi connectivity index (χ2v) is 10.4. The molecule has 0 aliphatic carbocycles. The number of ether oxygens (including phenoxy) is 2. The van der Waals surface area contributed by atoms with Crippen molar-refractivity contribution in [2.75, 3.05) is 20.2 Å². The van der Waals surface area contributed by atoms with Crippen molar-refractivity contribution in [3.8, 4) is 22.6 Å². The molecule has 3 aromatic rings. The van der Waals surface area contributed by atoms with E-state index in [4.69, 9.17) is 9.47 Å². The first-order valence-electron chi connectivity index (χ1n) is 14.3. The fourth-order valence-electron chi connectivity index (χ4n) is 5.29. The minimum Gasteiger partial charge on any atom is -0.497 e. The highest BCUT2D eigenvalue weighted by molar-refractivity contribution is 5.70. The Morgan fingerprint density at radius 1 is 1.00 bits per heavy atom. The molecular formula is C34H40FNO4. The van der Waals surface area contributed by atoms with Gasteiger partial charge in [0.05, 0.1) is 13.5 Å². The molecule has 212 valence electrons. The number of nitrogens with zero attached hydrogens (tertiary/aromatic N) is 1. The monoisotopic (exact) mass is 545 g/mol. The Balaban J connectivity index is 1.58. The summed E-state index contributed by atoms with van der Waals surface area (Å²) in [6.07, 6.45) is 9.70. The van der Waals surface area contributed by atoms with Gasteiger partial charge in [-0.1, -0.05) is 62.2 Å². The fraction of sp³-hybridized carbons (Fsp3) is 0.382. The van der Waals surface area contributed by atoms with Gasteiger partial charge in [0.15, 0.2) is 0 Å². The van der Waals surface area contributed by atoms with Gasteiger partial charge in [-0.05, 0) is 84.9 Å². The third kappa shape index (κ3) is 8.18. The number of likely N-dealkylation sites (tertiary alicyclic amines) is 1. The Bertz CT molecular complexity index is 1300. The number of hydrogen-bond donors (Lipinski definition) is 1. The standard InChI is InChI=1S/C34H40FNO4/c1-3-4-10-27(21-34(37)38)26-11-9-12-30(20-26)40-24-25-13-15-31(32-22-29(39-2)14-16-33(32)35)28(19-25)23-36-17-7-5-6-8-18-36/h4,9-16,19-20,22,27H,3,5-8,17-18,21,23-24H2,1-2H3,(H,37,38)/b10-4+. The summed E-state index contributed by atoms with van der Waals surface area (Å²) < 4.78 is 26.6. The van der Waals surface area contributed by atoms with Crippen molar-refractivity contribution in [1.29, 1.82) is 0 Å². The Labute approximate surface area is 237 Å². The van der Waals surface area contributed by atoms with E-state index < -0.39 is 5.97 Å². The van der Waals surface area contributed by atoms with E-state index in [2.05, 4.69) is 11.0 Å². The molecule has 4 rings (SSSR count). The summed E-state index contributed by atoms with van der Waals surface area (Å²) in [4.78, 5) is 13.9. The zero-order chi connectivity index (χ0) is 28.3. The number of aliphatic carboxylic acids is 1. The first kappa shape index (κ1) is 29.3. The molecule has 1 atom stereocenters. The highest BCUT2D eigenvalue weighted by Crippen LogP contribution is 2.32. The summed E-state index contributed by atoms with van der Waals surface area (Å²) in [6, 6.07) is 18.6. The number of carboxylic acid groups (broad SMARTS) is 1. The molecule has 0 radical (unpaired) electrons. The quantitative estimate of drug-likeness (QED) is 0.234. The third-order valence-electron chi connectivity index (χ3n) is 7.42. The molecule has 5 nitrogen and oxygen atoms in total. The second kappa shape index (κ2) is 14.7. The molecule has 0 amide bonds. The average Bonchev–Trinajstić information content (AvgIpc) is 3.23. The highest BCUT2D eigenvalue weighted by atomic mass is 19.1. The lowest BCUT2D eigenvalue weighted by molar-refractivity contribution is -0.137. The molecule has 1 saturated heterocycles. The van der Waals surface area contributed by atoms with Crippen molar-refractivity contribution in [1.82, 2.24) is 4.90 Å². The topological polar surface area (TPSA) is 59.0 Å². The van der Waals surface area contributed by atoms with Gasteiger partial charge in [0.1, 0.15) is 23.9 Å². The number of rotatable bonds is 12. The summed E-state index contributed by atoms with van der Waals surface area (Å²) in [6.45, 7) is 5.21. The van der Waals surface area contributed by atoms with Crippen LogP contribution in [0.15, 0.2) is 72.8 Å². The second-order valence-electron chi connectivity index (χ2n) is 10.4. The van der Waals surface area contributed by atoms with E-state index >= 15 is 4.39 Å². The number of carboxylic acids is 1. The zero-order valence-electron chi connectivity index (χ0n) is 23.6. The molecule has 40 heavy (non-hydrogen) atoms. The molecule has 1 unspecified atom stereocenters. The molecule has 0 aromatic heterocycles. The molecule has 1 aliphatic heterocycles. The number of allylic oxidation sites excluding steroid dienone is 2. The summed E-state index contributed by atoms with van der Waals surface area (Å²) >= 11 is 0. The molecule has 0 saturated carbocycles. The zero-order valence-corrected chi connectivity index (χ0v) is 23.6. The van der Waals surface area contributed by atoms with E-state index in [9.17, 15) is 9.90 Å². The van der Waals surface area contributed by atoms with Crippen LogP contribution in [0.4, 0.5) is 4.39 Å². The number of carbonyl (C=O) groups is 1. The molecule has 1 aliphatic rings. The third-order valence-corrected chi connectivity index (χ3v) is 7.42. The van der Waals surface area contributed by atoms with Gasteiger partial charge < -0.3 is 14.6 Å². The summed E-state index contributed by atoms with van der Waals surface area (Å²) in [5.41, 5.74) is 4.38. The van der Waals surface area contributed by atoms with Crippen LogP contribution in [-0.2, 0) is 17.9 Å². The first-order valence-corrected chi connectivity index (χ1v) is 14.3. The van der Waals surface area contributed by atoms with Crippen LogP contribution < -0.4 is 9.47 Å². The van der Waals surface area contributed by atoms with Crippen LogP contribution in [0.1, 0.15) is 68.1 Å². The summed E-state index contributed by atoms with van der Waals surface area (Å²) in [7, 11) is 1.59. The molecular weight excluding hydrogens is 505 g/mol. The van der Waals surface area contributed by atoms with Crippen LogP contribution in [0.5, 0.6) is 11.5 Å². The molecule has 1 N–H and O–H groups in total. The summed E-state index contributed by atoms with van der Waals surface area (Å²) in [5.74, 6) is 0.000727. The number of hydrogen-bond acceptors (Lipinski definition) is 4. The van der Waals surface area contributed by atoms with Gasteiger partial charge in [-0.2, -0.15) is 0 Å². The van der Waals surface area contributed by atoms with E-state index in [1.807, 2.05) is 55.5 Å². The van der Waals surface area contributed by atoms with E-state index in [1.165, 1.54) is 31.7 Å². The normalized spacial score (nSPS) is 15.1. The molecule has 1 fully saturated rings. The van der Waals surface area contributed by atoms with Crippen LogP contribution >= 0.6 is 0 Å². The Kier molecular flexibility index (Phi) is 10.8. The number of halogens is 1. The SMILES string of the molecule is CC/C=C/C(CC(=O)O)c1cccc(OCc2ccc(-c3cc(OC)ccc3F)c(CN3CCCCCC3)c2)c1. The highest BCUT2D eigenvalue weighted by Gasteiger charge is 2.17. The first-order chi connectivity index (χ1) is 19.5. The van der Waals surface area contributed by atoms with Gasteiger partial charge in [0.2, 0.25) is 0 Å². The van der Waals surface area contributed by atoms with Crippen LogP contribution in [0.25, 0.3) is 11.1 Å². The van der Waals surface area contributed by atoms with E-state index in [0.29, 0.717) is 23.7 Å². The lowest BCUT2D eigenvalue weighted by Crippen LogP contribution is -2.24. The van der Waals surface area contributed by atoms with Crippen LogP contribution in [0, 0.1) is 5.82 Å². The van der Waals surface area contributed by atoms with Crippen molar-refractivity contribution in [3.63, 3.8) is 0 Å². The van der Waals surface area contributed by atoms with Gasteiger partial charge in [-0.25, -0.2) is 4.39 Å². The maximum Gasteiger partial charge on any atom is 0.304 e. The molecule has 0 spiro atoms. The van der Waals surface area contributed by atoms with Gasteiger partial charge >= 0.3 is 5.97 Å². The van der Waals surface area contributed by atoms with Crippen molar-refractivity contribution < 1.29 is 23.8 Å². The average molecular weight is 546 g/mol. The smallest absolute Gasteiger partial charge is 0.304 e. The Morgan fingerprint density at radius 2 is 1.80 bits per heavy atom. The van der Waals surface area contributed by atoms with Crippen molar-refractivity contribution in [2.45, 2.75) is 64.5 Å². The number of methoxy groups -OCH3 is 1. The van der Waals surface area contributed by atoms with Crippen LogP contribution in [-0.4, -0.2) is 36.2 Å². The van der Waals surface area contributed by atoms with Gasteiger partial charge in [0.25, 0.3) is 0 Å².